The summed E-state index contributed by atoms with van der Waals surface area (Å²) in [5.41, 5.74) is 10.6. The van der Waals surface area contributed by atoms with Crippen molar-refractivity contribution < 1.29 is 4.79 Å². The first-order chi connectivity index (χ1) is 12.1. The van der Waals surface area contributed by atoms with Crippen LogP contribution >= 0.6 is 24.8 Å². The van der Waals surface area contributed by atoms with Crippen LogP contribution in [0.2, 0.25) is 0 Å². The molecule has 1 fully saturated rings. The first-order valence-corrected chi connectivity index (χ1v) is 8.93. The second kappa shape index (κ2) is 10.5. The van der Waals surface area contributed by atoms with E-state index in [9.17, 15) is 4.79 Å². The molecule has 0 aliphatic carbocycles. The zero-order valence-electron chi connectivity index (χ0n) is 15.9. The van der Waals surface area contributed by atoms with Gasteiger partial charge < -0.3 is 16.0 Å². The van der Waals surface area contributed by atoms with E-state index in [1.54, 1.807) is 0 Å². The Morgan fingerprint density at radius 1 is 1.04 bits per heavy atom. The predicted octanol–water partition coefficient (Wildman–Crippen LogP) is 3.76. The largest absolute Gasteiger partial charge is 0.376 e. The molecule has 2 aromatic carbocycles. The predicted molar refractivity (Wildman–Crippen MR) is 117 cm³/mol. The number of benzene rings is 2. The molecule has 0 saturated carbocycles. The first-order valence-electron chi connectivity index (χ1n) is 8.93. The second-order valence-electron chi connectivity index (χ2n) is 6.93. The molecule has 0 bridgehead atoms. The molecule has 0 unspecified atom stereocenters. The van der Waals surface area contributed by atoms with Gasteiger partial charge in [-0.15, -0.1) is 24.8 Å². The fourth-order valence-electron chi connectivity index (χ4n) is 3.76. The van der Waals surface area contributed by atoms with Crippen molar-refractivity contribution in [3.63, 3.8) is 0 Å². The van der Waals surface area contributed by atoms with Crippen LogP contribution in [0.4, 0.5) is 5.69 Å². The summed E-state index contributed by atoms with van der Waals surface area (Å²) in [6.45, 7) is 6.54. The van der Waals surface area contributed by atoms with Gasteiger partial charge in [0.25, 0.3) is 0 Å². The number of aryl methyl sites for hydroxylation is 2. The van der Waals surface area contributed by atoms with Crippen molar-refractivity contribution in [3.05, 3.63) is 65.2 Å². The maximum atomic E-state index is 12.7. The van der Waals surface area contributed by atoms with Gasteiger partial charge in [-0.25, -0.2) is 0 Å². The van der Waals surface area contributed by atoms with E-state index < -0.39 is 0 Å². The van der Waals surface area contributed by atoms with Gasteiger partial charge in [0.05, 0.1) is 6.54 Å². The molecule has 1 aliphatic rings. The lowest BCUT2D eigenvalue weighted by atomic mass is 9.89. The molecular weight excluding hydrogens is 381 g/mol. The lowest BCUT2D eigenvalue weighted by Gasteiger charge is -2.19. The first kappa shape index (κ1) is 23.3. The van der Waals surface area contributed by atoms with Gasteiger partial charge in [-0.05, 0) is 43.0 Å². The third-order valence-corrected chi connectivity index (χ3v) is 5.22. The molecule has 6 heteroatoms. The SMILES string of the molecule is Cc1cccc(C)c1NCC(=O)N1C[C@@H](CN)[C@H](c2ccccc2)C1.Cl.Cl. The van der Waals surface area contributed by atoms with E-state index in [-0.39, 0.29) is 30.7 Å². The smallest absolute Gasteiger partial charge is 0.241 e. The van der Waals surface area contributed by atoms with Gasteiger partial charge in [-0.1, -0.05) is 48.5 Å². The molecule has 0 radical (unpaired) electrons. The molecule has 148 valence electrons. The summed E-state index contributed by atoms with van der Waals surface area (Å²) >= 11 is 0. The number of nitrogens with zero attached hydrogens (tertiary/aromatic N) is 1. The van der Waals surface area contributed by atoms with E-state index in [2.05, 4.69) is 55.6 Å². The minimum atomic E-state index is 0. The summed E-state index contributed by atoms with van der Waals surface area (Å²) in [6, 6.07) is 16.6. The Bertz CT molecular complexity index is 719. The Hall–Kier alpha value is -1.75. The highest BCUT2D eigenvalue weighted by molar-refractivity contribution is 5.85. The molecule has 2 aromatic rings. The molecule has 1 amide bonds. The lowest BCUT2D eigenvalue weighted by molar-refractivity contribution is -0.128. The number of carbonyl (C=O) groups excluding carboxylic acids is 1. The van der Waals surface area contributed by atoms with E-state index in [4.69, 9.17) is 5.73 Å². The topological polar surface area (TPSA) is 58.4 Å². The van der Waals surface area contributed by atoms with Crippen LogP contribution in [0.3, 0.4) is 0 Å². The normalized spacial score (nSPS) is 18.4. The number of likely N-dealkylation sites (tertiary alicyclic amines) is 1. The van der Waals surface area contributed by atoms with E-state index in [0.29, 0.717) is 24.9 Å². The fraction of sp³-hybridized carbons (Fsp3) is 0.381. The Balaban J connectivity index is 0.00000182. The number of nitrogens with one attached hydrogen (secondary N) is 1. The summed E-state index contributed by atoms with van der Waals surface area (Å²) in [5.74, 6) is 0.793. The van der Waals surface area contributed by atoms with Crippen molar-refractivity contribution >= 4 is 36.4 Å². The third kappa shape index (κ3) is 5.38. The summed E-state index contributed by atoms with van der Waals surface area (Å²) in [5, 5.41) is 3.32. The van der Waals surface area contributed by atoms with Gasteiger partial charge >= 0.3 is 0 Å². The maximum absolute atomic E-state index is 12.7. The van der Waals surface area contributed by atoms with Gasteiger partial charge in [-0.2, -0.15) is 0 Å². The minimum Gasteiger partial charge on any atom is -0.376 e. The molecule has 4 nitrogen and oxygen atoms in total. The molecule has 27 heavy (non-hydrogen) atoms. The average Bonchev–Trinajstić information content (AvgIpc) is 3.06. The van der Waals surface area contributed by atoms with Crippen LogP contribution in [0.15, 0.2) is 48.5 Å². The molecule has 1 heterocycles. The Labute approximate surface area is 174 Å². The Morgan fingerprint density at radius 3 is 2.26 bits per heavy atom. The summed E-state index contributed by atoms with van der Waals surface area (Å²) in [6.07, 6.45) is 0. The number of hydrogen-bond donors (Lipinski definition) is 2. The van der Waals surface area contributed by atoms with Crippen LogP contribution in [-0.2, 0) is 4.79 Å². The molecule has 3 rings (SSSR count). The quantitative estimate of drug-likeness (QED) is 0.789. The number of carbonyl (C=O) groups is 1. The number of anilines is 1. The van der Waals surface area contributed by atoms with Crippen LogP contribution < -0.4 is 11.1 Å². The van der Waals surface area contributed by atoms with Gasteiger partial charge in [0, 0.05) is 24.7 Å². The van der Waals surface area contributed by atoms with E-state index >= 15 is 0 Å². The molecule has 1 saturated heterocycles. The summed E-state index contributed by atoms with van der Waals surface area (Å²) in [7, 11) is 0. The second-order valence-corrected chi connectivity index (χ2v) is 6.93. The highest BCUT2D eigenvalue weighted by atomic mass is 35.5. The molecule has 0 aromatic heterocycles. The van der Waals surface area contributed by atoms with Crippen molar-refractivity contribution in [1.82, 2.24) is 4.90 Å². The van der Waals surface area contributed by atoms with Crippen molar-refractivity contribution in [2.45, 2.75) is 19.8 Å². The fourth-order valence-corrected chi connectivity index (χ4v) is 3.76. The molecule has 3 N–H and O–H groups in total. The summed E-state index contributed by atoms with van der Waals surface area (Å²) < 4.78 is 0. The van der Waals surface area contributed by atoms with E-state index in [1.807, 2.05) is 17.0 Å². The highest BCUT2D eigenvalue weighted by Crippen LogP contribution is 2.32. The maximum Gasteiger partial charge on any atom is 0.241 e. The average molecular weight is 410 g/mol. The van der Waals surface area contributed by atoms with Crippen molar-refractivity contribution in [2.75, 3.05) is 31.5 Å². The molecule has 1 aliphatic heterocycles. The van der Waals surface area contributed by atoms with Crippen LogP contribution in [-0.4, -0.2) is 37.0 Å². The number of nitrogens with two attached hydrogens (primary N) is 1. The van der Waals surface area contributed by atoms with E-state index in [0.717, 1.165) is 29.9 Å². The molecule has 0 spiro atoms. The third-order valence-electron chi connectivity index (χ3n) is 5.22. The monoisotopic (exact) mass is 409 g/mol. The molecular formula is C21H29Cl2N3O. The van der Waals surface area contributed by atoms with Crippen LogP contribution in [0.1, 0.15) is 22.6 Å². The van der Waals surface area contributed by atoms with Crippen molar-refractivity contribution in [3.8, 4) is 0 Å². The van der Waals surface area contributed by atoms with Crippen molar-refractivity contribution in [1.29, 1.82) is 0 Å². The zero-order chi connectivity index (χ0) is 17.8. The number of amides is 1. The van der Waals surface area contributed by atoms with Gasteiger partial charge in [0.2, 0.25) is 5.91 Å². The van der Waals surface area contributed by atoms with Crippen molar-refractivity contribution in [2.24, 2.45) is 11.7 Å². The number of para-hydroxylation sites is 1. The minimum absolute atomic E-state index is 0. The standard InChI is InChI=1S/C21H27N3O.2ClH/c1-15-7-6-8-16(2)21(15)23-12-20(25)24-13-18(11-22)19(14-24)17-9-4-3-5-10-17;;/h3-10,18-19,23H,11-14,22H2,1-2H3;2*1H/t18-,19+;;/m1../s1. The van der Waals surface area contributed by atoms with Gasteiger partial charge in [0.1, 0.15) is 0 Å². The molecule has 2 atom stereocenters. The summed E-state index contributed by atoms with van der Waals surface area (Å²) in [4.78, 5) is 14.7. The number of rotatable bonds is 5. The Kier molecular flexibility index (Phi) is 9.10. The van der Waals surface area contributed by atoms with Gasteiger partial charge in [0.15, 0.2) is 0 Å². The zero-order valence-corrected chi connectivity index (χ0v) is 17.5. The van der Waals surface area contributed by atoms with Gasteiger partial charge in [-0.3, -0.25) is 4.79 Å². The highest BCUT2D eigenvalue weighted by Gasteiger charge is 2.35. The Morgan fingerprint density at radius 2 is 1.67 bits per heavy atom. The van der Waals surface area contributed by atoms with Crippen LogP contribution in [0.25, 0.3) is 0 Å². The number of halogens is 2. The lowest BCUT2D eigenvalue weighted by Crippen LogP contribution is -2.34. The van der Waals surface area contributed by atoms with E-state index in [1.165, 1.54) is 5.56 Å². The number of hydrogen-bond acceptors (Lipinski definition) is 3. The van der Waals surface area contributed by atoms with Crippen LogP contribution in [0.5, 0.6) is 0 Å². The van der Waals surface area contributed by atoms with Crippen LogP contribution in [0, 0.1) is 19.8 Å².